The summed E-state index contributed by atoms with van der Waals surface area (Å²) < 4.78 is 25.9. The number of carboxylic acids is 1. The highest BCUT2D eigenvalue weighted by molar-refractivity contribution is 5.88. The van der Waals surface area contributed by atoms with Crippen molar-refractivity contribution in [1.29, 1.82) is 0 Å². The molecule has 0 aromatic heterocycles. The van der Waals surface area contributed by atoms with Crippen molar-refractivity contribution in [3.63, 3.8) is 0 Å². The van der Waals surface area contributed by atoms with E-state index in [1.54, 1.807) is 0 Å². The molecule has 0 saturated carbocycles. The zero-order valence-corrected chi connectivity index (χ0v) is 6.55. The van der Waals surface area contributed by atoms with Crippen LogP contribution in [0, 0.1) is 11.6 Å². The lowest BCUT2D eigenvalue weighted by Gasteiger charge is -2.01. The molecule has 1 aromatic carbocycles. The maximum atomic E-state index is 13.1. The van der Waals surface area contributed by atoms with Crippen LogP contribution in [0.15, 0.2) is 18.7 Å². The first kappa shape index (κ1) is 9.38. The molecule has 1 aromatic rings. The second kappa shape index (κ2) is 3.35. The minimum absolute atomic E-state index is 0.417. The van der Waals surface area contributed by atoms with Crippen LogP contribution in [0.25, 0.3) is 6.08 Å². The standard InChI is InChI=1S/C9H6F2O2/c1-2-5-7(10)4-3-6(8(5)11)9(12)13/h2-4H,1H2,(H,12,13). The Morgan fingerprint density at radius 2 is 2.08 bits per heavy atom. The van der Waals surface area contributed by atoms with Gasteiger partial charge in [-0.15, -0.1) is 0 Å². The molecule has 0 radical (unpaired) electrons. The van der Waals surface area contributed by atoms with Crippen LogP contribution in [0.1, 0.15) is 15.9 Å². The summed E-state index contributed by atoms with van der Waals surface area (Å²) in [5.41, 5.74) is -0.976. The van der Waals surface area contributed by atoms with Gasteiger partial charge in [0.1, 0.15) is 11.6 Å². The normalized spacial score (nSPS) is 9.69. The smallest absolute Gasteiger partial charge is 0.338 e. The summed E-state index contributed by atoms with van der Waals surface area (Å²) in [6, 6.07) is 1.77. The average molecular weight is 184 g/mol. The van der Waals surface area contributed by atoms with Gasteiger partial charge in [-0.25, -0.2) is 13.6 Å². The summed E-state index contributed by atoms with van der Waals surface area (Å²) >= 11 is 0. The van der Waals surface area contributed by atoms with Gasteiger partial charge in [-0.3, -0.25) is 0 Å². The highest BCUT2D eigenvalue weighted by atomic mass is 19.1. The topological polar surface area (TPSA) is 37.3 Å². The highest BCUT2D eigenvalue weighted by Gasteiger charge is 2.15. The number of benzene rings is 1. The molecule has 0 aliphatic rings. The lowest BCUT2D eigenvalue weighted by Crippen LogP contribution is -2.03. The van der Waals surface area contributed by atoms with E-state index in [1.165, 1.54) is 0 Å². The van der Waals surface area contributed by atoms with Crippen LogP contribution in [0.2, 0.25) is 0 Å². The summed E-state index contributed by atoms with van der Waals surface area (Å²) in [4.78, 5) is 10.4. The number of hydrogen-bond donors (Lipinski definition) is 1. The number of rotatable bonds is 2. The Bertz CT molecular complexity index is 372. The monoisotopic (exact) mass is 184 g/mol. The van der Waals surface area contributed by atoms with Gasteiger partial charge in [-0.05, 0) is 12.1 Å². The molecule has 0 bridgehead atoms. The molecule has 0 fully saturated rings. The van der Waals surface area contributed by atoms with Crippen LogP contribution in [0.4, 0.5) is 8.78 Å². The quantitative estimate of drug-likeness (QED) is 0.765. The fraction of sp³-hybridized carbons (Fsp3) is 0. The third-order valence-corrected chi connectivity index (χ3v) is 1.56. The Morgan fingerprint density at radius 1 is 1.46 bits per heavy atom. The minimum atomic E-state index is -1.43. The summed E-state index contributed by atoms with van der Waals surface area (Å²) in [5.74, 6) is -3.35. The molecule has 1 rings (SSSR count). The predicted octanol–water partition coefficient (Wildman–Crippen LogP) is 2.31. The van der Waals surface area contributed by atoms with E-state index in [0.29, 0.717) is 0 Å². The van der Waals surface area contributed by atoms with Crippen molar-refractivity contribution in [1.82, 2.24) is 0 Å². The lowest BCUT2D eigenvalue weighted by molar-refractivity contribution is 0.0691. The van der Waals surface area contributed by atoms with Crippen molar-refractivity contribution >= 4 is 12.0 Å². The second-order valence-corrected chi connectivity index (χ2v) is 2.33. The van der Waals surface area contributed by atoms with Gasteiger partial charge in [0.25, 0.3) is 0 Å². The number of carboxylic acid groups (broad SMARTS) is 1. The first-order chi connectivity index (χ1) is 6.07. The Balaban J connectivity index is 3.44. The molecule has 0 heterocycles. The summed E-state index contributed by atoms with van der Waals surface area (Å²) in [7, 11) is 0. The van der Waals surface area contributed by atoms with E-state index in [0.717, 1.165) is 18.2 Å². The molecule has 1 N–H and O–H groups in total. The second-order valence-electron chi connectivity index (χ2n) is 2.33. The van der Waals surface area contributed by atoms with Gasteiger partial charge in [-0.2, -0.15) is 0 Å². The molecule has 2 nitrogen and oxygen atoms in total. The van der Waals surface area contributed by atoms with Crippen LogP contribution in [-0.2, 0) is 0 Å². The van der Waals surface area contributed by atoms with E-state index in [4.69, 9.17) is 5.11 Å². The molecule has 0 atom stereocenters. The number of aromatic carboxylic acids is 1. The predicted molar refractivity (Wildman–Crippen MR) is 43.4 cm³/mol. The van der Waals surface area contributed by atoms with E-state index >= 15 is 0 Å². The Kier molecular flexibility index (Phi) is 2.41. The van der Waals surface area contributed by atoms with Crippen molar-refractivity contribution < 1.29 is 18.7 Å². The average Bonchev–Trinajstić information content (AvgIpc) is 2.04. The van der Waals surface area contributed by atoms with E-state index < -0.39 is 28.7 Å². The molecule has 0 amide bonds. The van der Waals surface area contributed by atoms with Gasteiger partial charge >= 0.3 is 5.97 Å². The highest BCUT2D eigenvalue weighted by Crippen LogP contribution is 2.17. The maximum absolute atomic E-state index is 13.1. The van der Waals surface area contributed by atoms with Gasteiger partial charge < -0.3 is 5.11 Å². The van der Waals surface area contributed by atoms with Crippen LogP contribution < -0.4 is 0 Å². The van der Waals surface area contributed by atoms with E-state index in [2.05, 4.69) is 6.58 Å². The van der Waals surface area contributed by atoms with Gasteiger partial charge in [0.15, 0.2) is 0 Å². The van der Waals surface area contributed by atoms with Gasteiger partial charge in [0.2, 0.25) is 0 Å². The van der Waals surface area contributed by atoms with Crippen LogP contribution in [0.5, 0.6) is 0 Å². The van der Waals surface area contributed by atoms with E-state index in [9.17, 15) is 13.6 Å². The SMILES string of the molecule is C=Cc1c(F)ccc(C(=O)O)c1F. The molecule has 68 valence electrons. The third-order valence-electron chi connectivity index (χ3n) is 1.56. The van der Waals surface area contributed by atoms with E-state index in [-0.39, 0.29) is 0 Å². The van der Waals surface area contributed by atoms with Crippen molar-refractivity contribution in [2.75, 3.05) is 0 Å². The molecule has 0 aliphatic heterocycles. The third kappa shape index (κ3) is 1.56. The molecule has 4 heteroatoms. The molecule has 13 heavy (non-hydrogen) atoms. The Hall–Kier alpha value is -1.71. The molecule has 0 aliphatic carbocycles. The van der Waals surface area contributed by atoms with E-state index in [1.807, 2.05) is 0 Å². The fourth-order valence-electron chi connectivity index (χ4n) is 0.922. The number of halogens is 2. The Labute approximate surface area is 73.1 Å². The summed E-state index contributed by atoms with van der Waals surface area (Å²) in [6.07, 6.45) is 0.942. The van der Waals surface area contributed by atoms with Crippen molar-refractivity contribution in [2.24, 2.45) is 0 Å². The molecular formula is C9H6F2O2. The Morgan fingerprint density at radius 3 is 2.54 bits per heavy atom. The molecule has 0 saturated heterocycles. The summed E-state index contributed by atoms with van der Waals surface area (Å²) in [5, 5.41) is 8.48. The van der Waals surface area contributed by atoms with Crippen molar-refractivity contribution in [2.45, 2.75) is 0 Å². The van der Waals surface area contributed by atoms with Crippen LogP contribution in [0.3, 0.4) is 0 Å². The minimum Gasteiger partial charge on any atom is -0.478 e. The fourth-order valence-corrected chi connectivity index (χ4v) is 0.922. The summed E-state index contributed by atoms with van der Waals surface area (Å²) in [6.45, 7) is 3.18. The maximum Gasteiger partial charge on any atom is 0.338 e. The van der Waals surface area contributed by atoms with Crippen LogP contribution in [-0.4, -0.2) is 11.1 Å². The van der Waals surface area contributed by atoms with Gasteiger partial charge in [0, 0.05) is 5.56 Å². The molecular weight excluding hydrogens is 178 g/mol. The zero-order chi connectivity index (χ0) is 10.0. The molecule has 0 spiro atoms. The molecule has 0 unspecified atom stereocenters. The number of carbonyl (C=O) groups is 1. The zero-order valence-electron chi connectivity index (χ0n) is 6.55. The van der Waals surface area contributed by atoms with Crippen molar-refractivity contribution in [3.8, 4) is 0 Å². The lowest BCUT2D eigenvalue weighted by atomic mass is 10.1. The number of hydrogen-bond acceptors (Lipinski definition) is 1. The van der Waals surface area contributed by atoms with Gasteiger partial charge in [-0.1, -0.05) is 12.7 Å². The van der Waals surface area contributed by atoms with Crippen molar-refractivity contribution in [3.05, 3.63) is 41.5 Å². The largest absolute Gasteiger partial charge is 0.478 e. The van der Waals surface area contributed by atoms with Gasteiger partial charge in [0.05, 0.1) is 5.56 Å². The first-order valence-corrected chi connectivity index (χ1v) is 3.41. The first-order valence-electron chi connectivity index (χ1n) is 3.41. The van der Waals surface area contributed by atoms with Crippen LogP contribution >= 0.6 is 0 Å².